The maximum Gasteiger partial charge on any atom is 0.138 e. The summed E-state index contributed by atoms with van der Waals surface area (Å²) < 4.78 is 2.01. The van der Waals surface area contributed by atoms with Gasteiger partial charge in [-0.05, 0) is 30.6 Å². The van der Waals surface area contributed by atoms with Gasteiger partial charge in [0.05, 0.1) is 6.10 Å². The van der Waals surface area contributed by atoms with E-state index in [1.165, 1.54) is 0 Å². The minimum absolute atomic E-state index is 0.124. The minimum Gasteiger partial charge on any atom is -0.393 e. The molecule has 96 valence electrons. The molecule has 1 heterocycles. The molecule has 0 radical (unpaired) electrons. The maximum atomic E-state index is 9.67. The van der Waals surface area contributed by atoms with Crippen LogP contribution in [0.25, 0.3) is 0 Å². The lowest BCUT2D eigenvalue weighted by atomic mass is 9.84. The predicted molar refractivity (Wildman–Crippen MR) is 66.5 cm³/mol. The third-order valence-corrected chi connectivity index (χ3v) is 3.63. The summed E-state index contributed by atoms with van der Waals surface area (Å²) in [5.41, 5.74) is 0.196. The fourth-order valence-corrected chi connectivity index (χ4v) is 2.75. The van der Waals surface area contributed by atoms with Crippen LogP contribution in [-0.4, -0.2) is 26.0 Å². The number of aliphatic hydroxyl groups is 1. The third kappa shape index (κ3) is 3.06. The Morgan fingerprint density at radius 2 is 2.35 bits per heavy atom. The Kier molecular flexibility index (Phi) is 3.52. The van der Waals surface area contributed by atoms with Crippen LogP contribution in [0, 0.1) is 11.3 Å². The average molecular weight is 237 g/mol. The Morgan fingerprint density at radius 3 is 2.94 bits per heavy atom. The molecule has 4 nitrogen and oxygen atoms in total. The quantitative estimate of drug-likeness (QED) is 0.871. The van der Waals surface area contributed by atoms with Gasteiger partial charge in [0.15, 0.2) is 0 Å². The average Bonchev–Trinajstić information content (AvgIpc) is 2.75. The van der Waals surface area contributed by atoms with Crippen molar-refractivity contribution in [1.82, 2.24) is 14.8 Å². The number of nitrogens with zero attached hydrogens (tertiary/aromatic N) is 3. The van der Waals surface area contributed by atoms with E-state index in [2.05, 4.69) is 30.9 Å². The fourth-order valence-electron chi connectivity index (χ4n) is 2.75. The van der Waals surface area contributed by atoms with Gasteiger partial charge in [0.2, 0.25) is 0 Å². The van der Waals surface area contributed by atoms with Crippen molar-refractivity contribution in [2.75, 3.05) is 0 Å². The number of rotatable bonds is 4. The first-order valence-electron chi connectivity index (χ1n) is 6.53. The van der Waals surface area contributed by atoms with E-state index in [1.54, 1.807) is 6.33 Å². The predicted octanol–water partition coefficient (Wildman–Crippen LogP) is 2.03. The van der Waals surface area contributed by atoms with Crippen molar-refractivity contribution in [3.63, 3.8) is 0 Å². The lowest BCUT2D eigenvalue weighted by molar-refractivity contribution is 0.162. The highest BCUT2D eigenvalue weighted by Crippen LogP contribution is 2.40. The number of hydrogen-bond acceptors (Lipinski definition) is 3. The highest BCUT2D eigenvalue weighted by molar-refractivity contribution is 4.96. The van der Waals surface area contributed by atoms with Crippen LogP contribution in [0.15, 0.2) is 6.33 Å². The smallest absolute Gasteiger partial charge is 0.138 e. The van der Waals surface area contributed by atoms with E-state index in [0.717, 1.165) is 38.1 Å². The van der Waals surface area contributed by atoms with E-state index in [9.17, 15) is 5.11 Å². The highest BCUT2D eigenvalue weighted by Gasteiger charge is 2.35. The number of aromatic nitrogens is 3. The van der Waals surface area contributed by atoms with Gasteiger partial charge in [-0.2, -0.15) is 5.10 Å². The Balaban J connectivity index is 2.06. The van der Waals surface area contributed by atoms with Crippen LogP contribution in [0.5, 0.6) is 0 Å². The topological polar surface area (TPSA) is 50.9 Å². The molecule has 1 aromatic rings. The molecule has 1 aromatic heterocycles. The van der Waals surface area contributed by atoms with Crippen LogP contribution in [0.1, 0.15) is 45.9 Å². The highest BCUT2D eigenvalue weighted by atomic mass is 16.3. The second-order valence-corrected chi connectivity index (χ2v) is 6.14. The normalized spacial score (nSPS) is 29.1. The lowest BCUT2D eigenvalue weighted by Gasteiger charge is -2.23. The molecule has 4 heteroatoms. The van der Waals surface area contributed by atoms with Gasteiger partial charge in [0.25, 0.3) is 0 Å². The molecule has 0 bridgehead atoms. The molecule has 2 unspecified atom stereocenters. The molecule has 0 aliphatic heterocycles. The van der Waals surface area contributed by atoms with Crippen molar-refractivity contribution < 1.29 is 5.11 Å². The molecule has 0 spiro atoms. The van der Waals surface area contributed by atoms with E-state index >= 15 is 0 Å². The standard InChI is InChI=1S/C13H23N3O/c1-10(2)8-16-12(14-9-15-16)7-13(3)5-4-11(17)6-13/h9-11,17H,4-8H2,1-3H3. The summed E-state index contributed by atoms with van der Waals surface area (Å²) in [4.78, 5) is 4.37. The first-order valence-corrected chi connectivity index (χ1v) is 6.53. The van der Waals surface area contributed by atoms with Crippen molar-refractivity contribution in [2.24, 2.45) is 11.3 Å². The largest absolute Gasteiger partial charge is 0.393 e. The zero-order chi connectivity index (χ0) is 12.5. The van der Waals surface area contributed by atoms with Gasteiger partial charge >= 0.3 is 0 Å². The molecule has 1 aliphatic carbocycles. The molecule has 1 fully saturated rings. The van der Waals surface area contributed by atoms with Crippen LogP contribution >= 0.6 is 0 Å². The number of aliphatic hydroxyl groups excluding tert-OH is 1. The van der Waals surface area contributed by atoms with Crippen LogP contribution in [0.4, 0.5) is 0 Å². The van der Waals surface area contributed by atoms with Crippen molar-refractivity contribution in [3.05, 3.63) is 12.2 Å². The molecular weight excluding hydrogens is 214 g/mol. The van der Waals surface area contributed by atoms with Crippen LogP contribution in [0.3, 0.4) is 0 Å². The van der Waals surface area contributed by atoms with Crippen molar-refractivity contribution in [2.45, 2.75) is 59.1 Å². The summed E-state index contributed by atoms with van der Waals surface area (Å²) in [6, 6.07) is 0. The van der Waals surface area contributed by atoms with E-state index in [1.807, 2.05) is 4.68 Å². The van der Waals surface area contributed by atoms with Gasteiger partial charge in [-0.1, -0.05) is 20.8 Å². The molecule has 0 aromatic carbocycles. The third-order valence-electron chi connectivity index (χ3n) is 3.63. The summed E-state index contributed by atoms with van der Waals surface area (Å²) in [5.74, 6) is 1.65. The Hall–Kier alpha value is -0.900. The monoisotopic (exact) mass is 237 g/mol. The van der Waals surface area contributed by atoms with E-state index in [-0.39, 0.29) is 11.5 Å². The van der Waals surface area contributed by atoms with Gasteiger partial charge in [0.1, 0.15) is 12.2 Å². The maximum absolute atomic E-state index is 9.67. The van der Waals surface area contributed by atoms with Gasteiger partial charge in [0, 0.05) is 13.0 Å². The second-order valence-electron chi connectivity index (χ2n) is 6.14. The summed E-state index contributed by atoms with van der Waals surface area (Å²) in [7, 11) is 0. The summed E-state index contributed by atoms with van der Waals surface area (Å²) >= 11 is 0. The Bertz CT molecular complexity index is 374. The molecule has 1 aliphatic rings. The molecule has 1 saturated carbocycles. The van der Waals surface area contributed by atoms with Gasteiger partial charge < -0.3 is 5.11 Å². The van der Waals surface area contributed by atoms with Gasteiger partial charge in [-0.15, -0.1) is 0 Å². The Labute approximate surface area is 103 Å². The lowest BCUT2D eigenvalue weighted by Crippen LogP contribution is -2.21. The van der Waals surface area contributed by atoms with Crippen LogP contribution < -0.4 is 0 Å². The second kappa shape index (κ2) is 4.77. The van der Waals surface area contributed by atoms with Crippen LogP contribution in [-0.2, 0) is 13.0 Å². The molecule has 0 amide bonds. The van der Waals surface area contributed by atoms with Gasteiger partial charge in [-0.3, -0.25) is 0 Å². The summed E-state index contributed by atoms with van der Waals surface area (Å²) in [6.07, 6.45) is 5.35. The summed E-state index contributed by atoms with van der Waals surface area (Å²) in [6.45, 7) is 7.55. The number of hydrogen-bond donors (Lipinski definition) is 1. The van der Waals surface area contributed by atoms with Crippen molar-refractivity contribution in [1.29, 1.82) is 0 Å². The molecular formula is C13H23N3O. The van der Waals surface area contributed by atoms with E-state index in [0.29, 0.717) is 5.92 Å². The van der Waals surface area contributed by atoms with E-state index in [4.69, 9.17) is 0 Å². The zero-order valence-corrected chi connectivity index (χ0v) is 11.1. The molecule has 2 atom stereocenters. The molecule has 17 heavy (non-hydrogen) atoms. The summed E-state index contributed by atoms with van der Waals surface area (Å²) in [5, 5.41) is 14.0. The van der Waals surface area contributed by atoms with E-state index < -0.39 is 0 Å². The first kappa shape index (κ1) is 12.6. The SMILES string of the molecule is CC(C)Cn1ncnc1CC1(C)CCC(O)C1. The first-order chi connectivity index (χ1) is 7.98. The van der Waals surface area contributed by atoms with Gasteiger partial charge in [-0.25, -0.2) is 9.67 Å². The van der Waals surface area contributed by atoms with Crippen molar-refractivity contribution >= 4 is 0 Å². The van der Waals surface area contributed by atoms with Crippen molar-refractivity contribution in [3.8, 4) is 0 Å². The Morgan fingerprint density at radius 1 is 1.59 bits per heavy atom. The molecule has 0 saturated heterocycles. The minimum atomic E-state index is -0.124. The fraction of sp³-hybridized carbons (Fsp3) is 0.846. The zero-order valence-electron chi connectivity index (χ0n) is 11.1. The van der Waals surface area contributed by atoms with Crippen LogP contribution in [0.2, 0.25) is 0 Å². The molecule has 2 rings (SSSR count). The molecule has 1 N–H and O–H groups in total.